The fourth-order valence-electron chi connectivity index (χ4n) is 2.90. The van der Waals surface area contributed by atoms with Crippen molar-refractivity contribution < 1.29 is 17.7 Å². The van der Waals surface area contributed by atoms with Gasteiger partial charge in [-0.25, -0.2) is 0 Å². The molecule has 156 valence electrons. The highest BCUT2D eigenvalue weighted by atomic mass is 32.2. The summed E-state index contributed by atoms with van der Waals surface area (Å²) in [5.74, 6) is -0.208. The molecule has 0 aliphatic carbocycles. The van der Waals surface area contributed by atoms with E-state index < -0.39 is 10.1 Å². The minimum Gasteiger partial charge on any atom is -0.381 e. The molecule has 0 aliphatic rings. The van der Waals surface area contributed by atoms with Gasteiger partial charge in [0.05, 0.1) is 5.75 Å². The van der Waals surface area contributed by atoms with Gasteiger partial charge in [0.2, 0.25) is 0 Å². The number of ether oxygens (including phenoxy) is 1. The van der Waals surface area contributed by atoms with Crippen LogP contribution < -0.4 is 0 Å². The number of unbranched alkanes of at least 4 members (excludes halogenated alkanes) is 12. The van der Waals surface area contributed by atoms with Crippen LogP contribution in [0.15, 0.2) is 12.2 Å². The second kappa shape index (κ2) is 19.4. The van der Waals surface area contributed by atoms with Crippen LogP contribution in [-0.2, 0) is 14.9 Å². The van der Waals surface area contributed by atoms with E-state index in [0.717, 1.165) is 6.42 Å². The molecular weight excluding hydrogens is 348 g/mol. The van der Waals surface area contributed by atoms with E-state index in [1.165, 1.54) is 83.5 Å². The minimum atomic E-state index is -3.83. The fraction of sp³-hybridized carbons (Fsp3) is 0.905. The Morgan fingerprint density at radius 2 is 1.15 bits per heavy atom. The van der Waals surface area contributed by atoms with E-state index in [2.05, 4.69) is 19.1 Å². The van der Waals surface area contributed by atoms with Gasteiger partial charge in [-0.1, -0.05) is 76.9 Å². The van der Waals surface area contributed by atoms with Gasteiger partial charge in [0.15, 0.2) is 0 Å². The molecule has 0 atom stereocenters. The van der Waals surface area contributed by atoms with Crippen LogP contribution in [0.3, 0.4) is 0 Å². The Morgan fingerprint density at radius 1 is 0.692 bits per heavy atom. The molecule has 0 aromatic rings. The van der Waals surface area contributed by atoms with Gasteiger partial charge < -0.3 is 4.74 Å². The third-order valence-electron chi connectivity index (χ3n) is 4.49. The third kappa shape index (κ3) is 23.6. The average Bonchev–Trinajstić information content (AvgIpc) is 2.59. The van der Waals surface area contributed by atoms with E-state index in [-0.39, 0.29) is 5.75 Å². The molecule has 0 heterocycles. The predicted molar refractivity (Wildman–Crippen MR) is 111 cm³/mol. The van der Waals surface area contributed by atoms with Gasteiger partial charge in [-0.3, -0.25) is 4.55 Å². The smallest absolute Gasteiger partial charge is 0.264 e. The number of rotatable bonds is 20. The van der Waals surface area contributed by atoms with Gasteiger partial charge in [0.1, 0.15) is 0 Å². The second-order valence-electron chi connectivity index (χ2n) is 7.19. The Balaban J connectivity index is 3.12. The molecule has 0 spiro atoms. The zero-order valence-electron chi connectivity index (χ0n) is 17.0. The summed E-state index contributed by atoms with van der Waals surface area (Å²) in [5, 5.41) is 0. The van der Waals surface area contributed by atoms with E-state index in [4.69, 9.17) is 9.29 Å². The van der Waals surface area contributed by atoms with Crippen molar-refractivity contribution in [1.29, 1.82) is 0 Å². The van der Waals surface area contributed by atoms with Gasteiger partial charge in [0, 0.05) is 13.2 Å². The van der Waals surface area contributed by atoms with Crippen molar-refractivity contribution in [1.82, 2.24) is 0 Å². The topological polar surface area (TPSA) is 63.6 Å². The highest BCUT2D eigenvalue weighted by molar-refractivity contribution is 7.85. The Kier molecular flexibility index (Phi) is 19.1. The zero-order valence-corrected chi connectivity index (χ0v) is 17.8. The maximum absolute atomic E-state index is 10.5. The molecule has 0 bridgehead atoms. The SMILES string of the molecule is CCCCCCCC/C=C/CCCCCCCCOCCCS(=O)(=O)O. The summed E-state index contributed by atoms with van der Waals surface area (Å²) in [7, 11) is -3.83. The lowest BCUT2D eigenvalue weighted by Crippen LogP contribution is -2.07. The number of hydrogen-bond donors (Lipinski definition) is 1. The Morgan fingerprint density at radius 3 is 1.69 bits per heavy atom. The normalized spacial score (nSPS) is 12.2. The van der Waals surface area contributed by atoms with Crippen LogP contribution in [0.1, 0.15) is 103 Å². The maximum Gasteiger partial charge on any atom is 0.264 e. The zero-order chi connectivity index (χ0) is 19.3. The average molecular weight is 391 g/mol. The van der Waals surface area contributed by atoms with Crippen LogP contribution in [0.5, 0.6) is 0 Å². The summed E-state index contributed by atoms with van der Waals surface area (Å²) in [6.45, 7) is 3.36. The van der Waals surface area contributed by atoms with E-state index in [1.54, 1.807) is 0 Å². The van der Waals surface area contributed by atoms with E-state index in [1.807, 2.05) is 0 Å². The van der Waals surface area contributed by atoms with Gasteiger partial charge in [-0.15, -0.1) is 0 Å². The summed E-state index contributed by atoms with van der Waals surface area (Å²) in [6, 6.07) is 0. The summed E-state index contributed by atoms with van der Waals surface area (Å²) in [4.78, 5) is 0. The van der Waals surface area contributed by atoms with Crippen molar-refractivity contribution in [2.24, 2.45) is 0 Å². The first kappa shape index (κ1) is 25.6. The molecule has 0 aromatic carbocycles. The lowest BCUT2D eigenvalue weighted by molar-refractivity contribution is 0.130. The standard InChI is InChI=1S/C21H42O4S/c1-2-3-4-5-6-7-8-9-10-11-12-13-14-15-16-17-19-25-20-18-21-26(22,23)24/h9-10H,2-8,11-21H2,1H3,(H,22,23,24)/b10-9+. The monoisotopic (exact) mass is 390 g/mol. The van der Waals surface area contributed by atoms with Gasteiger partial charge in [-0.2, -0.15) is 8.42 Å². The molecule has 0 saturated carbocycles. The Bertz CT molecular complexity index is 404. The molecule has 0 radical (unpaired) electrons. The van der Waals surface area contributed by atoms with E-state index >= 15 is 0 Å². The van der Waals surface area contributed by atoms with Crippen molar-refractivity contribution >= 4 is 10.1 Å². The highest BCUT2D eigenvalue weighted by Gasteiger charge is 2.02. The van der Waals surface area contributed by atoms with Crippen molar-refractivity contribution in [3.05, 3.63) is 12.2 Å². The highest BCUT2D eigenvalue weighted by Crippen LogP contribution is 2.10. The molecule has 26 heavy (non-hydrogen) atoms. The van der Waals surface area contributed by atoms with E-state index in [0.29, 0.717) is 19.6 Å². The van der Waals surface area contributed by atoms with Crippen LogP contribution in [0, 0.1) is 0 Å². The molecule has 5 heteroatoms. The number of hydrogen-bond acceptors (Lipinski definition) is 3. The Hall–Kier alpha value is -0.390. The molecule has 0 aliphatic heterocycles. The first-order chi connectivity index (χ1) is 12.6. The summed E-state index contributed by atoms with van der Waals surface area (Å²) in [6.07, 6.45) is 23.1. The molecule has 0 fully saturated rings. The van der Waals surface area contributed by atoms with Gasteiger partial charge >= 0.3 is 0 Å². The lowest BCUT2D eigenvalue weighted by atomic mass is 10.1. The van der Waals surface area contributed by atoms with Crippen LogP contribution in [0.4, 0.5) is 0 Å². The van der Waals surface area contributed by atoms with Gasteiger partial charge in [0.25, 0.3) is 10.1 Å². The largest absolute Gasteiger partial charge is 0.381 e. The summed E-state index contributed by atoms with van der Waals surface area (Å²) >= 11 is 0. The molecular formula is C21H42O4S. The second-order valence-corrected chi connectivity index (χ2v) is 8.76. The van der Waals surface area contributed by atoms with Crippen LogP contribution >= 0.6 is 0 Å². The van der Waals surface area contributed by atoms with Crippen LogP contribution in [0.25, 0.3) is 0 Å². The van der Waals surface area contributed by atoms with Gasteiger partial charge in [-0.05, 0) is 38.5 Å². The molecule has 0 amide bonds. The van der Waals surface area contributed by atoms with Crippen LogP contribution in [0.2, 0.25) is 0 Å². The van der Waals surface area contributed by atoms with Crippen molar-refractivity contribution in [3.63, 3.8) is 0 Å². The van der Waals surface area contributed by atoms with E-state index in [9.17, 15) is 8.42 Å². The molecule has 4 nitrogen and oxygen atoms in total. The van der Waals surface area contributed by atoms with Crippen molar-refractivity contribution in [2.45, 2.75) is 103 Å². The van der Waals surface area contributed by atoms with Crippen LogP contribution in [-0.4, -0.2) is 31.9 Å². The minimum absolute atomic E-state index is 0.208. The summed E-state index contributed by atoms with van der Waals surface area (Å²) in [5.41, 5.74) is 0. The molecule has 0 unspecified atom stereocenters. The first-order valence-corrected chi connectivity index (χ1v) is 12.3. The molecule has 0 aromatic heterocycles. The number of allylic oxidation sites excluding steroid dienone is 2. The summed E-state index contributed by atoms with van der Waals surface area (Å²) < 4.78 is 35.0. The molecule has 0 rings (SSSR count). The third-order valence-corrected chi connectivity index (χ3v) is 5.30. The first-order valence-electron chi connectivity index (χ1n) is 10.7. The quantitative estimate of drug-likeness (QED) is 0.150. The fourth-order valence-corrected chi connectivity index (χ4v) is 3.38. The molecule has 1 N–H and O–H groups in total. The maximum atomic E-state index is 10.5. The Labute approximate surface area is 162 Å². The molecule has 0 saturated heterocycles. The van der Waals surface area contributed by atoms with Crippen molar-refractivity contribution in [3.8, 4) is 0 Å². The predicted octanol–water partition coefficient (Wildman–Crippen LogP) is 6.32. The lowest BCUT2D eigenvalue weighted by Gasteiger charge is -2.03. The van der Waals surface area contributed by atoms with Crippen molar-refractivity contribution in [2.75, 3.05) is 19.0 Å².